The van der Waals surface area contributed by atoms with Crippen LogP contribution in [-0.2, 0) is 6.61 Å². The average molecular weight is 181 g/mol. The first-order valence-electron chi connectivity index (χ1n) is 4.37. The van der Waals surface area contributed by atoms with E-state index in [0.717, 1.165) is 11.3 Å². The number of aryl methyl sites for hydroxylation is 1. The van der Waals surface area contributed by atoms with Gasteiger partial charge in [0.05, 0.1) is 12.7 Å². The summed E-state index contributed by atoms with van der Waals surface area (Å²) in [6, 6.07) is 3.60. The molecule has 0 atom stereocenters. The molecule has 1 heterocycles. The summed E-state index contributed by atoms with van der Waals surface area (Å²) in [6.07, 6.45) is 0.112. The molecule has 0 aliphatic carbocycles. The predicted molar refractivity (Wildman–Crippen MR) is 50.7 cm³/mol. The topological polar surface area (TPSA) is 42.4 Å². The van der Waals surface area contributed by atoms with E-state index in [1.54, 1.807) is 6.07 Å². The van der Waals surface area contributed by atoms with Gasteiger partial charge in [0.1, 0.15) is 0 Å². The van der Waals surface area contributed by atoms with Crippen LogP contribution < -0.4 is 4.74 Å². The zero-order chi connectivity index (χ0) is 9.84. The Morgan fingerprint density at radius 1 is 1.46 bits per heavy atom. The number of nitrogens with zero attached hydrogens (tertiary/aromatic N) is 1. The Hall–Kier alpha value is -1.09. The lowest BCUT2D eigenvalue weighted by molar-refractivity contribution is 0.230. The zero-order valence-corrected chi connectivity index (χ0v) is 8.24. The zero-order valence-electron chi connectivity index (χ0n) is 8.24. The van der Waals surface area contributed by atoms with E-state index in [9.17, 15) is 0 Å². The SMILES string of the molecule is Cc1cc(CO)cc(OC(C)C)n1. The lowest BCUT2D eigenvalue weighted by atomic mass is 10.2. The van der Waals surface area contributed by atoms with E-state index >= 15 is 0 Å². The largest absolute Gasteiger partial charge is 0.475 e. The number of aliphatic hydroxyl groups is 1. The second kappa shape index (κ2) is 4.23. The van der Waals surface area contributed by atoms with Crippen molar-refractivity contribution in [2.24, 2.45) is 0 Å². The fourth-order valence-electron chi connectivity index (χ4n) is 1.10. The lowest BCUT2D eigenvalue weighted by Crippen LogP contribution is -2.07. The molecule has 0 aliphatic rings. The summed E-state index contributed by atoms with van der Waals surface area (Å²) in [6.45, 7) is 5.80. The minimum atomic E-state index is 0.0256. The maximum absolute atomic E-state index is 8.94. The van der Waals surface area contributed by atoms with Crippen LogP contribution in [-0.4, -0.2) is 16.2 Å². The van der Waals surface area contributed by atoms with Crippen LogP contribution in [0.3, 0.4) is 0 Å². The molecule has 0 unspecified atom stereocenters. The third kappa shape index (κ3) is 3.03. The Balaban J connectivity index is 2.88. The molecule has 0 aliphatic heterocycles. The van der Waals surface area contributed by atoms with E-state index < -0.39 is 0 Å². The summed E-state index contributed by atoms with van der Waals surface area (Å²) in [5, 5.41) is 8.94. The van der Waals surface area contributed by atoms with Crippen LogP contribution in [0.5, 0.6) is 5.88 Å². The molecular formula is C10H15NO2. The molecule has 0 fully saturated rings. The van der Waals surface area contributed by atoms with Gasteiger partial charge in [0.2, 0.25) is 5.88 Å². The maximum atomic E-state index is 8.94. The monoisotopic (exact) mass is 181 g/mol. The molecular weight excluding hydrogens is 166 g/mol. The minimum Gasteiger partial charge on any atom is -0.475 e. The Morgan fingerprint density at radius 2 is 2.15 bits per heavy atom. The highest BCUT2D eigenvalue weighted by atomic mass is 16.5. The van der Waals surface area contributed by atoms with Gasteiger partial charge in [-0.05, 0) is 32.4 Å². The van der Waals surface area contributed by atoms with Crippen LogP contribution in [0.2, 0.25) is 0 Å². The van der Waals surface area contributed by atoms with Crippen molar-refractivity contribution in [1.29, 1.82) is 0 Å². The van der Waals surface area contributed by atoms with E-state index in [2.05, 4.69) is 4.98 Å². The Labute approximate surface area is 78.4 Å². The van der Waals surface area contributed by atoms with Crippen LogP contribution in [0.1, 0.15) is 25.1 Å². The molecule has 1 aromatic rings. The average Bonchev–Trinajstić information content (AvgIpc) is 2.01. The Kier molecular flexibility index (Phi) is 3.25. The molecule has 0 bridgehead atoms. The molecule has 1 rings (SSSR count). The second-order valence-electron chi connectivity index (χ2n) is 3.28. The second-order valence-corrected chi connectivity index (χ2v) is 3.28. The molecule has 3 nitrogen and oxygen atoms in total. The Morgan fingerprint density at radius 3 is 2.69 bits per heavy atom. The highest BCUT2D eigenvalue weighted by molar-refractivity contribution is 5.24. The molecule has 1 aromatic heterocycles. The smallest absolute Gasteiger partial charge is 0.214 e. The molecule has 13 heavy (non-hydrogen) atoms. The third-order valence-electron chi connectivity index (χ3n) is 1.53. The van der Waals surface area contributed by atoms with E-state index in [4.69, 9.17) is 9.84 Å². The molecule has 0 radical (unpaired) electrons. The maximum Gasteiger partial charge on any atom is 0.214 e. The van der Waals surface area contributed by atoms with Crippen LogP contribution in [0, 0.1) is 6.92 Å². The van der Waals surface area contributed by atoms with Gasteiger partial charge in [0.25, 0.3) is 0 Å². The van der Waals surface area contributed by atoms with Gasteiger partial charge in [-0.15, -0.1) is 0 Å². The first kappa shape index (κ1) is 9.99. The summed E-state index contributed by atoms with van der Waals surface area (Å²) in [4.78, 5) is 4.19. The van der Waals surface area contributed by atoms with E-state index in [-0.39, 0.29) is 12.7 Å². The van der Waals surface area contributed by atoms with Crippen LogP contribution in [0.25, 0.3) is 0 Å². The highest BCUT2D eigenvalue weighted by Crippen LogP contribution is 2.13. The number of rotatable bonds is 3. The molecule has 72 valence electrons. The lowest BCUT2D eigenvalue weighted by Gasteiger charge is -2.10. The van der Waals surface area contributed by atoms with Crippen molar-refractivity contribution in [3.05, 3.63) is 23.4 Å². The van der Waals surface area contributed by atoms with Crippen LogP contribution in [0.15, 0.2) is 12.1 Å². The van der Waals surface area contributed by atoms with Crippen molar-refractivity contribution >= 4 is 0 Å². The molecule has 0 saturated heterocycles. The van der Waals surface area contributed by atoms with Gasteiger partial charge >= 0.3 is 0 Å². The summed E-state index contributed by atoms with van der Waals surface area (Å²) in [5.74, 6) is 0.582. The van der Waals surface area contributed by atoms with Crippen molar-refractivity contribution in [3.8, 4) is 5.88 Å². The van der Waals surface area contributed by atoms with E-state index in [0.29, 0.717) is 5.88 Å². The summed E-state index contributed by atoms with van der Waals surface area (Å²) < 4.78 is 5.42. The van der Waals surface area contributed by atoms with Crippen molar-refractivity contribution in [3.63, 3.8) is 0 Å². The van der Waals surface area contributed by atoms with Gasteiger partial charge in [-0.3, -0.25) is 0 Å². The van der Waals surface area contributed by atoms with Gasteiger partial charge in [-0.1, -0.05) is 0 Å². The van der Waals surface area contributed by atoms with Crippen molar-refractivity contribution in [2.45, 2.75) is 33.5 Å². The molecule has 1 N–H and O–H groups in total. The molecule has 0 spiro atoms. The summed E-state index contributed by atoms with van der Waals surface area (Å²) in [7, 11) is 0. The molecule has 0 saturated carbocycles. The van der Waals surface area contributed by atoms with Gasteiger partial charge in [0.15, 0.2) is 0 Å². The van der Waals surface area contributed by atoms with Crippen molar-refractivity contribution < 1.29 is 9.84 Å². The van der Waals surface area contributed by atoms with E-state index in [1.807, 2.05) is 26.8 Å². The van der Waals surface area contributed by atoms with Gasteiger partial charge in [0, 0.05) is 11.8 Å². The molecule has 0 aromatic carbocycles. The molecule has 3 heteroatoms. The number of hydrogen-bond acceptors (Lipinski definition) is 3. The summed E-state index contributed by atoms with van der Waals surface area (Å²) >= 11 is 0. The molecule has 0 amide bonds. The first-order chi connectivity index (χ1) is 6.11. The fourth-order valence-corrected chi connectivity index (χ4v) is 1.10. The van der Waals surface area contributed by atoms with Crippen LogP contribution >= 0.6 is 0 Å². The first-order valence-corrected chi connectivity index (χ1v) is 4.37. The van der Waals surface area contributed by atoms with Crippen molar-refractivity contribution in [2.75, 3.05) is 0 Å². The van der Waals surface area contributed by atoms with E-state index in [1.165, 1.54) is 0 Å². The quantitative estimate of drug-likeness (QED) is 0.771. The highest BCUT2D eigenvalue weighted by Gasteiger charge is 2.02. The van der Waals surface area contributed by atoms with Gasteiger partial charge in [-0.2, -0.15) is 0 Å². The van der Waals surface area contributed by atoms with Crippen LogP contribution in [0.4, 0.5) is 0 Å². The number of pyridine rings is 1. The normalized spacial score (nSPS) is 10.5. The number of aromatic nitrogens is 1. The van der Waals surface area contributed by atoms with Gasteiger partial charge < -0.3 is 9.84 Å². The van der Waals surface area contributed by atoms with Gasteiger partial charge in [-0.25, -0.2) is 4.98 Å². The minimum absolute atomic E-state index is 0.0256. The number of aliphatic hydroxyl groups excluding tert-OH is 1. The van der Waals surface area contributed by atoms with Crippen molar-refractivity contribution in [1.82, 2.24) is 4.98 Å². The number of ether oxygens (including phenoxy) is 1. The number of hydrogen-bond donors (Lipinski definition) is 1. The third-order valence-corrected chi connectivity index (χ3v) is 1.53. The predicted octanol–water partition coefficient (Wildman–Crippen LogP) is 1.67. The standard InChI is InChI=1S/C10H15NO2/c1-7(2)13-10-5-9(6-12)4-8(3)11-10/h4-5,7,12H,6H2,1-3H3. The summed E-state index contributed by atoms with van der Waals surface area (Å²) in [5.41, 5.74) is 1.70. The fraction of sp³-hybridized carbons (Fsp3) is 0.500. The Bertz CT molecular complexity index is 284.